The molecule has 1 aliphatic heterocycles. The fraction of sp³-hybridized carbons (Fsp3) is 0.364. The maximum Gasteiger partial charge on any atom is 0.129 e. The summed E-state index contributed by atoms with van der Waals surface area (Å²) in [7, 11) is 0. The summed E-state index contributed by atoms with van der Waals surface area (Å²) >= 11 is 7.40. The zero-order valence-corrected chi connectivity index (χ0v) is 10.7. The highest BCUT2D eigenvalue weighted by atomic mass is 35.5. The summed E-state index contributed by atoms with van der Waals surface area (Å²) in [6, 6.07) is 3.73. The van der Waals surface area contributed by atoms with Crippen LogP contribution in [0.25, 0.3) is 11.0 Å². The average Bonchev–Trinajstić information content (AvgIpc) is 2.83. The lowest BCUT2D eigenvalue weighted by Crippen LogP contribution is -2.16. The molecule has 1 aliphatic rings. The van der Waals surface area contributed by atoms with Gasteiger partial charge in [0.25, 0.3) is 0 Å². The van der Waals surface area contributed by atoms with Crippen LogP contribution >= 0.6 is 23.3 Å². The number of aromatic nitrogens is 2. The second-order valence-electron chi connectivity index (χ2n) is 3.96. The van der Waals surface area contributed by atoms with E-state index in [0.717, 1.165) is 35.5 Å². The molecule has 0 saturated heterocycles. The Morgan fingerprint density at radius 2 is 2.18 bits per heavy atom. The van der Waals surface area contributed by atoms with Crippen molar-refractivity contribution < 1.29 is 0 Å². The van der Waals surface area contributed by atoms with Gasteiger partial charge in [0, 0.05) is 13.0 Å². The van der Waals surface area contributed by atoms with Crippen molar-refractivity contribution in [2.75, 3.05) is 11.9 Å². The van der Waals surface area contributed by atoms with Crippen LogP contribution in [0.3, 0.4) is 0 Å². The maximum absolute atomic E-state index is 6.20. The van der Waals surface area contributed by atoms with Crippen LogP contribution in [0.2, 0.25) is 5.02 Å². The molecule has 0 aliphatic carbocycles. The van der Waals surface area contributed by atoms with Gasteiger partial charge in [0.1, 0.15) is 16.9 Å². The minimum Gasteiger partial charge on any atom is -0.341 e. The second kappa shape index (κ2) is 4.58. The minimum atomic E-state index is 0.665. The predicted molar refractivity (Wildman–Crippen MR) is 72.2 cm³/mol. The molecule has 1 N–H and O–H groups in total. The van der Waals surface area contributed by atoms with Crippen molar-refractivity contribution in [1.82, 2.24) is 8.75 Å². The van der Waals surface area contributed by atoms with Crippen LogP contribution in [0.4, 0.5) is 5.69 Å². The Morgan fingerprint density at radius 3 is 3.00 bits per heavy atom. The first-order chi connectivity index (χ1) is 8.34. The van der Waals surface area contributed by atoms with Gasteiger partial charge >= 0.3 is 0 Å². The molecular formula is C11H11ClN4S. The molecule has 0 unspecified atom stereocenters. The van der Waals surface area contributed by atoms with Gasteiger partial charge in [0.15, 0.2) is 0 Å². The molecular weight excluding hydrogens is 256 g/mol. The smallest absolute Gasteiger partial charge is 0.129 e. The van der Waals surface area contributed by atoms with Crippen molar-refractivity contribution in [2.45, 2.75) is 19.3 Å². The van der Waals surface area contributed by atoms with Gasteiger partial charge in [-0.1, -0.05) is 11.6 Å². The molecule has 0 radical (unpaired) electrons. The zero-order valence-electron chi connectivity index (χ0n) is 9.11. The van der Waals surface area contributed by atoms with Crippen LogP contribution in [0.5, 0.6) is 0 Å². The number of hydrogen-bond acceptors (Lipinski definition) is 5. The molecule has 0 fully saturated rings. The first-order valence-electron chi connectivity index (χ1n) is 5.56. The van der Waals surface area contributed by atoms with Gasteiger partial charge in [-0.3, -0.25) is 4.99 Å². The Kier molecular flexibility index (Phi) is 2.94. The summed E-state index contributed by atoms with van der Waals surface area (Å²) in [6.45, 7) is 0.894. The summed E-state index contributed by atoms with van der Waals surface area (Å²) in [5, 5.41) is 3.97. The minimum absolute atomic E-state index is 0.665. The standard InChI is InChI=1S/C11H11ClN4S/c12-7-4-5-8-11(16-17-15-8)10(7)14-9-3-1-2-6-13-9/h4-5H,1-3,6H2,(H,13,14). The Hall–Kier alpha value is -1.20. The summed E-state index contributed by atoms with van der Waals surface area (Å²) in [5.41, 5.74) is 2.53. The van der Waals surface area contributed by atoms with Gasteiger partial charge in [0.05, 0.1) is 22.4 Å². The van der Waals surface area contributed by atoms with E-state index in [1.807, 2.05) is 12.1 Å². The molecule has 88 valence electrons. The molecule has 2 aromatic rings. The van der Waals surface area contributed by atoms with Crippen molar-refractivity contribution in [3.8, 4) is 0 Å². The quantitative estimate of drug-likeness (QED) is 0.861. The van der Waals surface area contributed by atoms with E-state index >= 15 is 0 Å². The Labute approximate surface area is 108 Å². The SMILES string of the molecule is Clc1ccc2nsnc2c1NC1=NCCCC1. The maximum atomic E-state index is 6.20. The van der Waals surface area contributed by atoms with Crippen LogP contribution < -0.4 is 5.32 Å². The molecule has 3 rings (SSSR count). The predicted octanol–water partition coefficient (Wildman–Crippen LogP) is 3.34. The van der Waals surface area contributed by atoms with Crippen molar-refractivity contribution >= 4 is 45.9 Å². The van der Waals surface area contributed by atoms with Gasteiger partial charge in [-0.25, -0.2) is 0 Å². The van der Waals surface area contributed by atoms with Gasteiger partial charge in [-0.05, 0) is 25.0 Å². The molecule has 0 amide bonds. The van der Waals surface area contributed by atoms with E-state index in [4.69, 9.17) is 11.6 Å². The lowest BCUT2D eigenvalue weighted by Gasteiger charge is -2.14. The largest absolute Gasteiger partial charge is 0.341 e. The Balaban J connectivity index is 2.01. The average molecular weight is 267 g/mol. The molecule has 0 spiro atoms. The third kappa shape index (κ3) is 2.12. The first kappa shape index (κ1) is 10.9. The van der Waals surface area contributed by atoms with Gasteiger partial charge in [-0.2, -0.15) is 8.75 Å². The van der Waals surface area contributed by atoms with Gasteiger partial charge < -0.3 is 5.32 Å². The molecule has 2 heterocycles. The van der Waals surface area contributed by atoms with Crippen molar-refractivity contribution in [1.29, 1.82) is 0 Å². The van der Waals surface area contributed by atoms with Crippen molar-refractivity contribution in [3.63, 3.8) is 0 Å². The van der Waals surface area contributed by atoms with Crippen LogP contribution in [0.1, 0.15) is 19.3 Å². The Morgan fingerprint density at radius 1 is 1.24 bits per heavy atom. The monoisotopic (exact) mass is 266 g/mol. The number of rotatable bonds is 1. The number of anilines is 1. The van der Waals surface area contributed by atoms with E-state index in [0.29, 0.717) is 5.02 Å². The number of hydrogen-bond donors (Lipinski definition) is 1. The molecule has 6 heteroatoms. The molecule has 0 saturated carbocycles. The van der Waals surface area contributed by atoms with E-state index in [1.54, 1.807) is 0 Å². The summed E-state index contributed by atoms with van der Waals surface area (Å²) < 4.78 is 8.48. The molecule has 4 nitrogen and oxygen atoms in total. The summed E-state index contributed by atoms with van der Waals surface area (Å²) in [6.07, 6.45) is 3.32. The lowest BCUT2D eigenvalue weighted by atomic mass is 10.1. The highest BCUT2D eigenvalue weighted by Gasteiger charge is 2.13. The third-order valence-corrected chi connectivity index (χ3v) is 3.63. The van der Waals surface area contributed by atoms with Crippen LogP contribution in [0.15, 0.2) is 17.1 Å². The van der Waals surface area contributed by atoms with Crippen LogP contribution in [-0.4, -0.2) is 21.1 Å². The van der Waals surface area contributed by atoms with E-state index in [-0.39, 0.29) is 0 Å². The fourth-order valence-corrected chi connectivity index (χ4v) is 2.63. The number of amidine groups is 1. The number of nitrogens with zero attached hydrogens (tertiary/aromatic N) is 3. The molecule has 1 aromatic heterocycles. The van der Waals surface area contributed by atoms with E-state index in [2.05, 4.69) is 19.1 Å². The summed E-state index contributed by atoms with van der Waals surface area (Å²) in [4.78, 5) is 4.46. The lowest BCUT2D eigenvalue weighted by molar-refractivity contribution is 0.737. The van der Waals surface area contributed by atoms with E-state index in [9.17, 15) is 0 Å². The molecule has 0 atom stereocenters. The zero-order chi connectivity index (χ0) is 11.7. The number of aliphatic imine (C=N–C) groups is 1. The highest BCUT2D eigenvalue weighted by molar-refractivity contribution is 7.00. The molecule has 0 bridgehead atoms. The normalized spacial score (nSPS) is 15.9. The number of nitrogens with one attached hydrogen (secondary N) is 1. The molecule has 1 aromatic carbocycles. The van der Waals surface area contributed by atoms with Crippen LogP contribution in [0, 0.1) is 0 Å². The Bertz CT molecular complexity index is 578. The number of fused-ring (bicyclic) bond motifs is 1. The second-order valence-corrected chi connectivity index (χ2v) is 4.90. The number of benzene rings is 1. The summed E-state index contributed by atoms with van der Waals surface area (Å²) in [5.74, 6) is 0.999. The van der Waals surface area contributed by atoms with E-state index < -0.39 is 0 Å². The van der Waals surface area contributed by atoms with E-state index in [1.165, 1.54) is 24.6 Å². The highest BCUT2D eigenvalue weighted by Crippen LogP contribution is 2.30. The number of halogens is 1. The third-order valence-electron chi connectivity index (χ3n) is 2.77. The topological polar surface area (TPSA) is 50.2 Å². The first-order valence-corrected chi connectivity index (χ1v) is 6.66. The fourth-order valence-electron chi connectivity index (χ4n) is 1.89. The van der Waals surface area contributed by atoms with Gasteiger partial charge in [-0.15, -0.1) is 0 Å². The van der Waals surface area contributed by atoms with Crippen LogP contribution in [-0.2, 0) is 0 Å². The van der Waals surface area contributed by atoms with Crippen molar-refractivity contribution in [2.24, 2.45) is 4.99 Å². The van der Waals surface area contributed by atoms with Crippen molar-refractivity contribution in [3.05, 3.63) is 17.2 Å². The van der Waals surface area contributed by atoms with Gasteiger partial charge in [0.2, 0.25) is 0 Å². The molecule has 17 heavy (non-hydrogen) atoms.